The molecule has 0 spiro atoms. The monoisotopic (exact) mass is 1010 g/mol. The van der Waals surface area contributed by atoms with Crippen molar-refractivity contribution in [3.8, 4) is 0 Å². The molecule has 2 atom stereocenters. The Kier molecular flexibility index (Phi) is 49.5. The molecule has 0 aromatic carbocycles. The van der Waals surface area contributed by atoms with Crippen molar-refractivity contribution in [1.82, 2.24) is 0 Å². The SMILES string of the molecule is CC/C=C\C/C=C\C/C=C\C/C=C\C/C=C\C/C=C\C/C=C\C/C=C\CCCCCCCCC(=O)OC(COC(=O)CCC/C=C\C/C=C\C/C=C\C/C=C\C/C=C\CC)COC(OCC[N+](C)(C)C)C(=O)O. The average Bonchev–Trinajstić information content (AvgIpc) is 3.36. The Balaban J connectivity index is 4.40. The van der Waals surface area contributed by atoms with E-state index in [0.717, 1.165) is 128 Å². The lowest BCUT2D eigenvalue weighted by Gasteiger charge is -2.25. The number of aliphatic carboxylic acids is 1. The first-order valence-electron chi connectivity index (χ1n) is 27.6. The molecule has 0 aliphatic carbocycles. The zero-order chi connectivity index (χ0) is 53.4. The van der Waals surface area contributed by atoms with Crippen LogP contribution in [0.2, 0.25) is 0 Å². The van der Waals surface area contributed by atoms with E-state index in [1.807, 2.05) is 21.1 Å². The smallest absolute Gasteiger partial charge is 0.361 e. The van der Waals surface area contributed by atoms with Crippen LogP contribution in [0.3, 0.4) is 0 Å². The minimum atomic E-state index is -1.54. The van der Waals surface area contributed by atoms with Crippen LogP contribution in [-0.4, -0.2) is 87.4 Å². The predicted molar refractivity (Wildman–Crippen MR) is 308 cm³/mol. The lowest BCUT2D eigenvalue weighted by Crippen LogP contribution is -2.40. The number of likely N-dealkylation sites (N-methyl/N-ethyl adjacent to an activating group) is 1. The van der Waals surface area contributed by atoms with Crippen LogP contribution in [0.4, 0.5) is 0 Å². The summed E-state index contributed by atoms with van der Waals surface area (Å²) < 4.78 is 22.7. The first kappa shape index (κ1) is 67.9. The standard InChI is InChI=1S/C64H99NO8/c1-6-8-10-12-14-16-18-20-22-24-25-26-27-28-29-30-31-32-33-34-35-36-37-39-41-43-45-47-49-51-53-55-62(67)73-60(59-72-64(63(68)69)70-57-56-65(3,4)5)58-71-61(66)54-52-50-48-46-44-42-40-38-23-21-19-17-15-13-11-9-7-2/h8-11,14-17,20-23,25-26,28-29,31-32,34-35,37,39-40,42,46,48,60,64H,6-7,12-13,18-19,24,27,30,33,36,38,41,43-45,47,49-59H2,1-5H3/p+1/b10-8-,11-9-,16-14-,17-15-,22-20-,23-21-,26-25-,29-28-,32-31-,35-34-,39-37-,42-40-,48-46-. The van der Waals surface area contributed by atoms with Gasteiger partial charge in [-0.25, -0.2) is 4.79 Å². The number of quaternary nitrogens is 1. The number of nitrogens with zero attached hydrogens (tertiary/aromatic N) is 1. The molecular formula is C64H100NO8+. The molecule has 0 saturated carbocycles. The minimum Gasteiger partial charge on any atom is -0.477 e. The van der Waals surface area contributed by atoms with Gasteiger partial charge in [-0.05, 0) is 116 Å². The highest BCUT2D eigenvalue weighted by Gasteiger charge is 2.25. The van der Waals surface area contributed by atoms with Crippen LogP contribution in [0.5, 0.6) is 0 Å². The Morgan fingerprint density at radius 1 is 0.411 bits per heavy atom. The summed E-state index contributed by atoms with van der Waals surface area (Å²) >= 11 is 0. The van der Waals surface area contributed by atoms with Crippen LogP contribution in [0.1, 0.15) is 168 Å². The number of rotatable bonds is 48. The van der Waals surface area contributed by atoms with E-state index < -0.39 is 30.3 Å². The fourth-order valence-corrected chi connectivity index (χ4v) is 6.59. The molecule has 0 aromatic rings. The van der Waals surface area contributed by atoms with Gasteiger partial charge in [0, 0.05) is 12.8 Å². The molecular weight excluding hydrogens is 911 g/mol. The Morgan fingerprint density at radius 3 is 1.14 bits per heavy atom. The third-order valence-electron chi connectivity index (χ3n) is 10.8. The third-order valence-corrected chi connectivity index (χ3v) is 10.8. The molecule has 0 amide bonds. The molecule has 0 heterocycles. The summed E-state index contributed by atoms with van der Waals surface area (Å²) in [7, 11) is 5.93. The van der Waals surface area contributed by atoms with Crippen molar-refractivity contribution in [1.29, 1.82) is 0 Å². The van der Waals surface area contributed by atoms with Crippen molar-refractivity contribution in [2.45, 2.75) is 180 Å². The highest BCUT2D eigenvalue weighted by atomic mass is 16.7. The van der Waals surface area contributed by atoms with Crippen molar-refractivity contribution in [2.75, 3.05) is 47.5 Å². The van der Waals surface area contributed by atoms with Crippen LogP contribution in [0, 0.1) is 0 Å². The van der Waals surface area contributed by atoms with Gasteiger partial charge in [-0.2, -0.15) is 0 Å². The molecule has 9 nitrogen and oxygen atoms in total. The zero-order valence-corrected chi connectivity index (χ0v) is 46.2. The zero-order valence-electron chi connectivity index (χ0n) is 46.2. The first-order chi connectivity index (χ1) is 35.6. The van der Waals surface area contributed by atoms with Gasteiger partial charge in [0.25, 0.3) is 6.29 Å². The molecule has 0 bridgehead atoms. The minimum absolute atomic E-state index is 0.166. The van der Waals surface area contributed by atoms with E-state index in [-0.39, 0.29) is 32.7 Å². The maximum absolute atomic E-state index is 12.9. The molecule has 408 valence electrons. The summed E-state index contributed by atoms with van der Waals surface area (Å²) in [5, 5.41) is 9.68. The highest BCUT2D eigenvalue weighted by molar-refractivity contribution is 5.71. The fourth-order valence-electron chi connectivity index (χ4n) is 6.59. The number of carbonyl (C=O) groups excluding carboxylic acids is 2. The van der Waals surface area contributed by atoms with Gasteiger partial charge in [-0.15, -0.1) is 0 Å². The molecule has 0 saturated heterocycles. The van der Waals surface area contributed by atoms with E-state index in [9.17, 15) is 19.5 Å². The Labute approximate surface area is 444 Å². The van der Waals surface area contributed by atoms with Crippen molar-refractivity contribution in [3.05, 3.63) is 158 Å². The van der Waals surface area contributed by atoms with E-state index in [4.69, 9.17) is 18.9 Å². The summed E-state index contributed by atoms with van der Waals surface area (Å²) in [4.78, 5) is 37.3. The van der Waals surface area contributed by atoms with E-state index in [1.165, 1.54) is 0 Å². The molecule has 2 unspecified atom stereocenters. The normalized spacial score (nSPS) is 14.0. The maximum Gasteiger partial charge on any atom is 0.361 e. The van der Waals surface area contributed by atoms with Gasteiger partial charge >= 0.3 is 17.9 Å². The lowest BCUT2D eigenvalue weighted by atomic mass is 10.1. The van der Waals surface area contributed by atoms with Crippen molar-refractivity contribution < 1.29 is 42.9 Å². The van der Waals surface area contributed by atoms with Crippen LogP contribution in [0.15, 0.2) is 158 Å². The number of carboxylic acids is 1. The molecule has 0 aliphatic rings. The molecule has 73 heavy (non-hydrogen) atoms. The number of hydrogen-bond acceptors (Lipinski definition) is 7. The van der Waals surface area contributed by atoms with Crippen LogP contribution >= 0.6 is 0 Å². The largest absolute Gasteiger partial charge is 0.477 e. The first-order valence-corrected chi connectivity index (χ1v) is 27.6. The second-order valence-corrected chi connectivity index (χ2v) is 18.8. The Bertz CT molecular complexity index is 1750. The average molecular weight is 1010 g/mol. The lowest BCUT2D eigenvalue weighted by molar-refractivity contribution is -0.870. The predicted octanol–water partition coefficient (Wildman–Crippen LogP) is 16.2. The molecule has 0 aromatic heterocycles. The number of hydrogen-bond donors (Lipinski definition) is 1. The molecule has 0 fully saturated rings. The van der Waals surface area contributed by atoms with Gasteiger partial charge in [0.15, 0.2) is 6.10 Å². The van der Waals surface area contributed by atoms with Gasteiger partial charge in [-0.3, -0.25) is 9.59 Å². The van der Waals surface area contributed by atoms with Gasteiger partial charge in [0.2, 0.25) is 0 Å². The van der Waals surface area contributed by atoms with Crippen LogP contribution < -0.4 is 0 Å². The van der Waals surface area contributed by atoms with E-state index in [0.29, 0.717) is 23.9 Å². The number of carbonyl (C=O) groups is 3. The van der Waals surface area contributed by atoms with Gasteiger partial charge in [-0.1, -0.05) is 198 Å². The molecule has 0 aliphatic heterocycles. The number of carboxylic acid groups (broad SMARTS) is 1. The van der Waals surface area contributed by atoms with Crippen molar-refractivity contribution in [3.63, 3.8) is 0 Å². The molecule has 0 rings (SSSR count). The quantitative estimate of drug-likeness (QED) is 0.0211. The number of esters is 2. The second kappa shape index (κ2) is 53.2. The Morgan fingerprint density at radius 2 is 0.753 bits per heavy atom. The van der Waals surface area contributed by atoms with Gasteiger partial charge < -0.3 is 28.5 Å². The number of allylic oxidation sites excluding steroid dienone is 26. The summed E-state index contributed by atoms with van der Waals surface area (Å²) in [6.45, 7) is 4.52. The summed E-state index contributed by atoms with van der Waals surface area (Å²) in [6.07, 6.45) is 76.1. The second-order valence-electron chi connectivity index (χ2n) is 18.8. The third kappa shape index (κ3) is 54.5. The summed E-state index contributed by atoms with van der Waals surface area (Å²) in [5.74, 6) is -2.13. The van der Waals surface area contributed by atoms with Crippen LogP contribution in [-0.2, 0) is 33.3 Å². The van der Waals surface area contributed by atoms with Crippen molar-refractivity contribution in [2.24, 2.45) is 0 Å². The van der Waals surface area contributed by atoms with E-state index in [2.05, 4.69) is 172 Å². The number of unbranched alkanes of at least 4 members (excludes halogenated alkanes) is 7. The summed E-state index contributed by atoms with van der Waals surface area (Å²) in [6, 6.07) is 0. The van der Waals surface area contributed by atoms with Crippen LogP contribution in [0.25, 0.3) is 0 Å². The topological polar surface area (TPSA) is 108 Å². The molecule has 1 N–H and O–H groups in total. The van der Waals surface area contributed by atoms with Gasteiger partial charge in [0.1, 0.15) is 13.2 Å². The fraction of sp³-hybridized carbons (Fsp3) is 0.547. The number of ether oxygens (including phenoxy) is 4. The molecule has 9 heteroatoms. The Hall–Kier alpha value is -5.09. The van der Waals surface area contributed by atoms with Crippen molar-refractivity contribution >= 4 is 17.9 Å². The summed E-state index contributed by atoms with van der Waals surface area (Å²) in [5.41, 5.74) is 0. The molecule has 0 radical (unpaired) electrons. The highest BCUT2D eigenvalue weighted by Crippen LogP contribution is 2.12. The van der Waals surface area contributed by atoms with E-state index >= 15 is 0 Å². The van der Waals surface area contributed by atoms with Gasteiger partial charge in [0.05, 0.1) is 34.4 Å². The maximum atomic E-state index is 12.9. The van der Waals surface area contributed by atoms with E-state index in [1.54, 1.807) is 0 Å².